The van der Waals surface area contributed by atoms with E-state index in [2.05, 4.69) is 49.5 Å². The Hall–Kier alpha value is -1.76. The minimum atomic E-state index is 1.21. The maximum Gasteiger partial charge on any atom is 0.0150 e. The lowest BCUT2D eigenvalue weighted by atomic mass is 9.98. The average molecular weight is 197 g/mol. The van der Waals surface area contributed by atoms with E-state index in [1.54, 1.807) is 0 Å². The zero-order valence-corrected chi connectivity index (χ0v) is 9.12. The van der Waals surface area contributed by atoms with E-state index in [0.29, 0.717) is 0 Å². The lowest BCUT2D eigenvalue weighted by molar-refractivity contribution is 1.04. The van der Waals surface area contributed by atoms with Gasteiger partial charge in [-0.3, -0.25) is 0 Å². The molecule has 15 heavy (non-hydrogen) atoms. The van der Waals surface area contributed by atoms with Gasteiger partial charge in [0.1, 0.15) is 0 Å². The zero-order valence-electron chi connectivity index (χ0n) is 9.12. The van der Waals surface area contributed by atoms with Crippen molar-refractivity contribution in [2.75, 3.05) is 0 Å². The Morgan fingerprint density at radius 2 is 1.73 bits per heavy atom. The molecular formula is C14H15N. The second-order valence-corrected chi connectivity index (χ2v) is 3.70. The zero-order chi connectivity index (χ0) is 10.7. The highest BCUT2D eigenvalue weighted by Crippen LogP contribution is 2.25. The van der Waals surface area contributed by atoms with Crippen LogP contribution in [0.15, 0.2) is 60.0 Å². The first-order chi connectivity index (χ1) is 7.29. The standard InChI is InChI=1S/C14H15N/c1-11-12(2)15-10-6-9-14(11)13-7-4-3-5-8-13/h3-10,15H,1-2H3. The molecule has 1 N–H and O–H groups in total. The van der Waals surface area contributed by atoms with Crippen LogP contribution in [0.1, 0.15) is 19.4 Å². The molecule has 1 heteroatoms. The highest BCUT2D eigenvalue weighted by atomic mass is 14.8. The Morgan fingerprint density at radius 1 is 1.00 bits per heavy atom. The fourth-order valence-electron chi connectivity index (χ4n) is 1.68. The quantitative estimate of drug-likeness (QED) is 0.726. The van der Waals surface area contributed by atoms with Gasteiger partial charge in [0.2, 0.25) is 0 Å². The van der Waals surface area contributed by atoms with Gasteiger partial charge in [-0.2, -0.15) is 0 Å². The molecule has 0 unspecified atom stereocenters. The van der Waals surface area contributed by atoms with E-state index in [-0.39, 0.29) is 0 Å². The molecule has 1 nitrogen and oxygen atoms in total. The van der Waals surface area contributed by atoms with Crippen molar-refractivity contribution in [3.05, 3.63) is 65.5 Å². The molecule has 1 heterocycles. The maximum atomic E-state index is 3.24. The highest BCUT2D eigenvalue weighted by molar-refractivity contribution is 5.80. The minimum Gasteiger partial charge on any atom is -0.365 e. The van der Waals surface area contributed by atoms with Crippen molar-refractivity contribution in [3.63, 3.8) is 0 Å². The fourth-order valence-corrected chi connectivity index (χ4v) is 1.68. The summed E-state index contributed by atoms with van der Waals surface area (Å²) < 4.78 is 0. The van der Waals surface area contributed by atoms with Gasteiger partial charge in [-0.1, -0.05) is 36.4 Å². The van der Waals surface area contributed by atoms with E-state index in [1.165, 1.54) is 22.4 Å². The summed E-state index contributed by atoms with van der Waals surface area (Å²) in [5.74, 6) is 0. The molecule has 0 amide bonds. The molecule has 1 aromatic carbocycles. The van der Waals surface area contributed by atoms with Crippen LogP contribution in [0, 0.1) is 0 Å². The predicted molar refractivity (Wildman–Crippen MR) is 65.1 cm³/mol. The molecule has 2 rings (SSSR count). The molecule has 0 spiro atoms. The van der Waals surface area contributed by atoms with E-state index < -0.39 is 0 Å². The normalized spacial score (nSPS) is 15.7. The molecule has 1 aromatic rings. The van der Waals surface area contributed by atoms with Gasteiger partial charge in [0.25, 0.3) is 0 Å². The number of allylic oxidation sites excluding steroid dienone is 5. The summed E-state index contributed by atoms with van der Waals surface area (Å²) in [4.78, 5) is 0. The summed E-state index contributed by atoms with van der Waals surface area (Å²) >= 11 is 0. The monoisotopic (exact) mass is 197 g/mol. The van der Waals surface area contributed by atoms with E-state index in [1.807, 2.05) is 18.3 Å². The van der Waals surface area contributed by atoms with Crippen LogP contribution in [0.5, 0.6) is 0 Å². The first-order valence-electron chi connectivity index (χ1n) is 5.15. The van der Waals surface area contributed by atoms with Crippen molar-refractivity contribution in [2.45, 2.75) is 13.8 Å². The largest absolute Gasteiger partial charge is 0.365 e. The smallest absolute Gasteiger partial charge is 0.0150 e. The Bertz CT molecular complexity index is 436. The molecule has 1 aliphatic rings. The first kappa shape index (κ1) is 9.78. The van der Waals surface area contributed by atoms with Crippen LogP contribution in [0.4, 0.5) is 0 Å². The fraction of sp³-hybridized carbons (Fsp3) is 0.143. The van der Waals surface area contributed by atoms with Crippen molar-refractivity contribution in [3.8, 4) is 0 Å². The van der Waals surface area contributed by atoms with Crippen molar-refractivity contribution in [1.29, 1.82) is 0 Å². The molecule has 0 bridgehead atoms. The molecule has 0 atom stereocenters. The molecule has 0 aromatic heterocycles. The molecule has 1 aliphatic heterocycles. The Kier molecular flexibility index (Phi) is 2.72. The van der Waals surface area contributed by atoms with Gasteiger partial charge in [0, 0.05) is 11.9 Å². The molecule has 76 valence electrons. The van der Waals surface area contributed by atoms with Gasteiger partial charge in [-0.15, -0.1) is 0 Å². The maximum absolute atomic E-state index is 3.24. The van der Waals surface area contributed by atoms with Crippen molar-refractivity contribution >= 4 is 5.57 Å². The third-order valence-electron chi connectivity index (χ3n) is 2.71. The van der Waals surface area contributed by atoms with Gasteiger partial charge < -0.3 is 5.32 Å². The van der Waals surface area contributed by atoms with Crippen LogP contribution < -0.4 is 5.32 Å². The molecule has 0 radical (unpaired) electrons. The van der Waals surface area contributed by atoms with Crippen LogP contribution >= 0.6 is 0 Å². The number of hydrogen-bond acceptors (Lipinski definition) is 1. The van der Waals surface area contributed by atoms with Crippen molar-refractivity contribution in [2.24, 2.45) is 0 Å². The van der Waals surface area contributed by atoms with E-state index in [4.69, 9.17) is 0 Å². The lowest BCUT2D eigenvalue weighted by Crippen LogP contribution is -2.02. The third-order valence-corrected chi connectivity index (χ3v) is 2.71. The van der Waals surface area contributed by atoms with E-state index >= 15 is 0 Å². The van der Waals surface area contributed by atoms with Crippen molar-refractivity contribution < 1.29 is 0 Å². The minimum absolute atomic E-state index is 1.21. The summed E-state index contributed by atoms with van der Waals surface area (Å²) in [6, 6.07) is 10.5. The van der Waals surface area contributed by atoms with Crippen LogP contribution in [0.2, 0.25) is 0 Å². The van der Waals surface area contributed by atoms with Crippen LogP contribution in [0.25, 0.3) is 5.57 Å². The number of rotatable bonds is 1. The second-order valence-electron chi connectivity index (χ2n) is 3.70. The van der Waals surface area contributed by atoms with Gasteiger partial charge >= 0.3 is 0 Å². The Labute approximate surface area is 90.8 Å². The van der Waals surface area contributed by atoms with Gasteiger partial charge in [0.05, 0.1) is 0 Å². The number of nitrogens with one attached hydrogen (secondary N) is 1. The summed E-state index contributed by atoms with van der Waals surface area (Å²) in [7, 11) is 0. The van der Waals surface area contributed by atoms with Gasteiger partial charge in [-0.05, 0) is 36.6 Å². The topological polar surface area (TPSA) is 12.0 Å². The third kappa shape index (κ3) is 2.01. The van der Waals surface area contributed by atoms with Crippen molar-refractivity contribution in [1.82, 2.24) is 5.32 Å². The van der Waals surface area contributed by atoms with Crippen LogP contribution in [-0.2, 0) is 0 Å². The molecule has 0 aliphatic carbocycles. The van der Waals surface area contributed by atoms with Gasteiger partial charge in [-0.25, -0.2) is 0 Å². The molecule has 0 saturated carbocycles. The molecular weight excluding hydrogens is 182 g/mol. The SMILES string of the molecule is CC1=C(C)C(c2ccccc2)=CC=CN1. The Balaban J connectivity index is 2.48. The summed E-state index contributed by atoms with van der Waals surface area (Å²) in [5, 5.41) is 3.24. The predicted octanol–water partition coefficient (Wildman–Crippen LogP) is 3.48. The van der Waals surface area contributed by atoms with Crippen LogP contribution in [0.3, 0.4) is 0 Å². The summed E-state index contributed by atoms with van der Waals surface area (Å²) in [5.41, 5.74) is 5.06. The van der Waals surface area contributed by atoms with Gasteiger partial charge in [0.15, 0.2) is 0 Å². The average Bonchev–Trinajstić information content (AvgIpc) is 2.44. The molecule has 0 fully saturated rings. The van der Waals surface area contributed by atoms with Crippen LogP contribution in [-0.4, -0.2) is 0 Å². The first-order valence-corrected chi connectivity index (χ1v) is 5.15. The van der Waals surface area contributed by atoms with E-state index in [0.717, 1.165) is 0 Å². The Morgan fingerprint density at radius 3 is 2.47 bits per heavy atom. The highest BCUT2D eigenvalue weighted by Gasteiger charge is 2.06. The number of benzene rings is 1. The summed E-state index contributed by atoms with van der Waals surface area (Å²) in [6.45, 7) is 4.25. The lowest BCUT2D eigenvalue weighted by Gasteiger charge is -2.10. The molecule has 0 saturated heterocycles. The number of hydrogen-bond donors (Lipinski definition) is 1. The summed E-state index contributed by atoms with van der Waals surface area (Å²) in [6.07, 6.45) is 6.16. The second kappa shape index (κ2) is 4.18. The van der Waals surface area contributed by atoms with E-state index in [9.17, 15) is 0 Å².